The molecule has 196 valence electrons. The van der Waals surface area contributed by atoms with Crippen LogP contribution >= 0.6 is 0 Å². The van der Waals surface area contributed by atoms with E-state index in [4.69, 9.17) is 33.2 Å². The zero-order valence-corrected chi connectivity index (χ0v) is 21.6. The van der Waals surface area contributed by atoms with Crippen molar-refractivity contribution in [3.8, 4) is 40.2 Å². The quantitative estimate of drug-likeness (QED) is 0.248. The molecular weight excluding hydrogens is 492 g/mol. The maximum Gasteiger partial charge on any atom is 0.312 e. The van der Waals surface area contributed by atoms with Gasteiger partial charge in [-0.25, -0.2) is 0 Å². The van der Waals surface area contributed by atoms with Gasteiger partial charge in [-0.1, -0.05) is 12.1 Å². The normalized spacial score (nSPS) is 16.8. The van der Waals surface area contributed by atoms with Gasteiger partial charge in [0.25, 0.3) is 0 Å². The number of hydrogen-bond acceptors (Lipinski definition) is 9. The smallest absolute Gasteiger partial charge is 0.312 e. The first-order valence-corrected chi connectivity index (χ1v) is 11.8. The number of ether oxygens (including phenoxy) is 7. The third-order valence-corrected chi connectivity index (χ3v) is 6.61. The lowest BCUT2D eigenvalue weighted by molar-refractivity contribution is -0.135. The number of methoxy groups -OCH3 is 5. The minimum atomic E-state index is -0.533. The zero-order valence-electron chi connectivity index (χ0n) is 21.6. The third kappa shape index (κ3) is 4.06. The van der Waals surface area contributed by atoms with Crippen molar-refractivity contribution in [3.63, 3.8) is 0 Å². The molecule has 0 amide bonds. The average Bonchev–Trinajstić information content (AvgIpc) is 3.26. The number of Topliss-reactive ketones (excluding diaryl/α,β-unsaturated/α-hetero) is 1. The number of carbonyl (C=O) groups is 2. The van der Waals surface area contributed by atoms with Crippen LogP contribution in [0.1, 0.15) is 39.4 Å². The SMILES string of the molecule is COc1cc(OC)c([C@@H]2CC(=O)Oc3ccc4c(c32)O/C(=C\c2cccc(OC)c2OC)C4=O)cc1OC. The van der Waals surface area contributed by atoms with Crippen LogP contribution in [0.15, 0.2) is 48.2 Å². The van der Waals surface area contributed by atoms with Gasteiger partial charge in [-0.3, -0.25) is 9.59 Å². The molecule has 0 saturated carbocycles. The van der Waals surface area contributed by atoms with E-state index in [1.165, 1.54) is 35.5 Å². The summed E-state index contributed by atoms with van der Waals surface area (Å²) < 4.78 is 39.2. The maximum atomic E-state index is 13.4. The number of ketones is 1. The van der Waals surface area contributed by atoms with Gasteiger partial charge in [-0.05, 0) is 30.3 Å². The van der Waals surface area contributed by atoms with Crippen LogP contribution in [0.2, 0.25) is 0 Å². The van der Waals surface area contributed by atoms with Gasteiger partial charge in [-0.15, -0.1) is 0 Å². The van der Waals surface area contributed by atoms with Gasteiger partial charge in [0, 0.05) is 28.7 Å². The van der Waals surface area contributed by atoms with Crippen molar-refractivity contribution in [2.45, 2.75) is 12.3 Å². The van der Waals surface area contributed by atoms with Crippen molar-refractivity contribution in [3.05, 3.63) is 70.5 Å². The molecule has 1 atom stereocenters. The Kier molecular flexibility index (Phi) is 6.59. The van der Waals surface area contributed by atoms with E-state index in [9.17, 15) is 9.59 Å². The number of hydrogen-bond donors (Lipinski definition) is 0. The fraction of sp³-hybridized carbons (Fsp3) is 0.241. The Balaban J connectivity index is 1.65. The molecular formula is C29H26O9. The van der Waals surface area contributed by atoms with Gasteiger partial charge in [0.15, 0.2) is 28.8 Å². The van der Waals surface area contributed by atoms with Crippen molar-refractivity contribution in [2.24, 2.45) is 0 Å². The monoisotopic (exact) mass is 518 g/mol. The number of fused-ring (bicyclic) bond motifs is 3. The first kappa shape index (κ1) is 25.0. The van der Waals surface area contributed by atoms with Crippen molar-refractivity contribution in [1.29, 1.82) is 0 Å². The minimum Gasteiger partial charge on any atom is -0.496 e. The lowest BCUT2D eigenvalue weighted by atomic mass is 9.84. The van der Waals surface area contributed by atoms with E-state index in [1.54, 1.807) is 48.5 Å². The van der Waals surface area contributed by atoms with Crippen LogP contribution in [0, 0.1) is 0 Å². The van der Waals surface area contributed by atoms with E-state index < -0.39 is 11.9 Å². The molecule has 0 aromatic heterocycles. The standard InChI is InChI=1S/C29H26O9/c1-32-20-8-6-7-15(28(20)36-5)11-24-27(31)16-9-10-19-26(29(16)38-24)18(13-25(30)37-19)17-12-22(34-3)23(35-4)14-21(17)33-2/h6-12,14,18H,13H2,1-5H3/b24-11-/t18-/m0/s1. The predicted molar refractivity (Wildman–Crippen MR) is 137 cm³/mol. The summed E-state index contributed by atoms with van der Waals surface area (Å²) >= 11 is 0. The van der Waals surface area contributed by atoms with Gasteiger partial charge in [0.1, 0.15) is 17.2 Å². The predicted octanol–water partition coefficient (Wildman–Crippen LogP) is 4.79. The second kappa shape index (κ2) is 10.0. The van der Waals surface area contributed by atoms with Crippen molar-refractivity contribution in [2.75, 3.05) is 35.5 Å². The number of para-hydroxylation sites is 1. The second-order valence-corrected chi connectivity index (χ2v) is 8.56. The summed E-state index contributed by atoms with van der Waals surface area (Å²) in [7, 11) is 7.66. The molecule has 0 N–H and O–H groups in total. The van der Waals surface area contributed by atoms with E-state index in [0.717, 1.165) is 0 Å². The van der Waals surface area contributed by atoms with Crippen LogP contribution < -0.4 is 33.2 Å². The Morgan fingerprint density at radius 2 is 1.50 bits per heavy atom. The lowest BCUT2D eigenvalue weighted by Crippen LogP contribution is -2.22. The van der Waals surface area contributed by atoms with Crippen LogP contribution in [0.3, 0.4) is 0 Å². The molecule has 3 aromatic rings. The third-order valence-electron chi connectivity index (χ3n) is 6.61. The summed E-state index contributed by atoms with van der Waals surface area (Å²) in [6.07, 6.45) is 1.62. The average molecular weight is 519 g/mol. The van der Waals surface area contributed by atoms with E-state index in [0.29, 0.717) is 62.5 Å². The number of esters is 1. The van der Waals surface area contributed by atoms with E-state index >= 15 is 0 Å². The fourth-order valence-corrected chi connectivity index (χ4v) is 4.86. The van der Waals surface area contributed by atoms with Crippen LogP contribution in [-0.2, 0) is 4.79 Å². The maximum absolute atomic E-state index is 13.4. The van der Waals surface area contributed by atoms with Crippen LogP contribution in [0.25, 0.3) is 6.08 Å². The van der Waals surface area contributed by atoms with Gasteiger partial charge >= 0.3 is 5.97 Å². The van der Waals surface area contributed by atoms with Gasteiger partial charge in [0.2, 0.25) is 5.78 Å². The molecule has 0 fully saturated rings. The fourth-order valence-electron chi connectivity index (χ4n) is 4.86. The minimum absolute atomic E-state index is 0.00953. The molecule has 5 rings (SSSR count). The summed E-state index contributed by atoms with van der Waals surface area (Å²) in [5.41, 5.74) is 2.21. The van der Waals surface area contributed by atoms with Gasteiger partial charge in [0.05, 0.1) is 47.5 Å². The highest BCUT2D eigenvalue weighted by atomic mass is 16.5. The molecule has 38 heavy (non-hydrogen) atoms. The molecule has 9 nitrogen and oxygen atoms in total. The summed E-state index contributed by atoms with van der Waals surface area (Å²) in [5, 5.41) is 0. The molecule has 0 saturated heterocycles. The van der Waals surface area contributed by atoms with Crippen molar-refractivity contribution < 1.29 is 42.7 Å². The molecule has 0 bridgehead atoms. The molecule has 2 heterocycles. The lowest BCUT2D eigenvalue weighted by Gasteiger charge is -2.28. The van der Waals surface area contributed by atoms with Crippen LogP contribution in [-0.4, -0.2) is 47.3 Å². The molecule has 2 aliphatic heterocycles. The molecule has 0 aliphatic carbocycles. The Morgan fingerprint density at radius 3 is 2.18 bits per heavy atom. The summed E-state index contributed by atoms with van der Waals surface area (Å²) in [6, 6.07) is 12.0. The van der Waals surface area contributed by atoms with E-state index in [-0.39, 0.29) is 18.0 Å². The largest absolute Gasteiger partial charge is 0.496 e. The number of carbonyl (C=O) groups excluding carboxylic acids is 2. The van der Waals surface area contributed by atoms with E-state index in [2.05, 4.69) is 0 Å². The van der Waals surface area contributed by atoms with Crippen LogP contribution in [0.5, 0.6) is 40.2 Å². The molecule has 0 radical (unpaired) electrons. The first-order chi connectivity index (χ1) is 18.4. The Morgan fingerprint density at radius 1 is 0.789 bits per heavy atom. The molecule has 0 unspecified atom stereocenters. The van der Waals surface area contributed by atoms with Crippen molar-refractivity contribution >= 4 is 17.8 Å². The Labute approximate surface area is 219 Å². The second-order valence-electron chi connectivity index (χ2n) is 8.56. The molecule has 3 aromatic carbocycles. The number of rotatable bonds is 7. The highest BCUT2D eigenvalue weighted by molar-refractivity contribution is 6.15. The highest BCUT2D eigenvalue weighted by Gasteiger charge is 2.40. The highest BCUT2D eigenvalue weighted by Crippen LogP contribution is 2.52. The molecule has 2 aliphatic rings. The number of allylic oxidation sites excluding steroid dienone is 1. The van der Waals surface area contributed by atoms with Crippen LogP contribution in [0.4, 0.5) is 0 Å². The van der Waals surface area contributed by atoms with Gasteiger partial charge < -0.3 is 33.2 Å². The Hall–Kier alpha value is -4.66. The van der Waals surface area contributed by atoms with Crippen molar-refractivity contribution in [1.82, 2.24) is 0 Å². The first-order valence-electron chi connectivity index (χ1n) is 11.8. The van der Waals surface area contributed by atoms with E-state index in [1.807, 2.05) is 0 Å². The summed E-state index contributed by atoms with van der Waals surface area (Å²) in [4.78, 5) is 26.0. The topological polar surface area (TPSA) is 98.8 Å². The molecule has 0 spiro atoms. The Bertz CT molecular complexity index is 1470. The summed E-state index contributed by atoms with van der Waals surface area (Å²) in [6.45, 7) is 0. The molecule has 9 heteroatoms. The van der Waals surface area contributed by atoms with Gasteiger partial charge in [-0.2, -0.15) is 0 Å². The zero-order chi connectivity index (χ0) is 27.0. The number of benzene rings is 3. The summed E-state index contributed by atoms with van der Waals surface area (Å²) in [5.74, 6) is 1.94.